The van der Waals surface area contributed by atoms with Gasteiger partial charge in [-0.15, -0.1) is 5.10 Å². The van der Waals surface area contributed by atoms with Crippen molar-refractivity contribution in [1.82, 2.24) is 80.0 Å². The average Bonchev–Trinajstić information content (AvgIpc) is 1.61. The minimum Gasteiger partial charge on any atom is -0.870 e. The summed E-state index contributed by atoms with van der Waals surface area (Å²) in [5.74, 6) is 5.57. The molecule has 2 atom stereocenters. The van der Waals surface area contributed by atoms with Crippen molar-refractivity contribution in [3.8, 4) is 40.2 Å². The van der Waals surface area contributed by atoms with Crippen molar-refractivity contribution in [2.45, 2.75) is 124 Å². The van der Waals surface area contributed by atoms with E-state index in [0.717, 1.165) is 53.7 Å². The van der Waals surface area contributed by atoms with Gasteiger partial charge in [-0.1, -0.05) is 36.9 Å². The number of aldehydes is 1. The van der Waals surface area contributed by atoms with Gasteiger partial charge in [-0.25, -0.2) is 19.3 Å². The number of hydrogen-bond acceptors (Lipinski definition) is 23. The number of amides is 2. The standard InChI is InChI=1S/C41H49N9O6.C27H31N9O3.C2HF3O.CH4.Na.H2O/c1-41(2,3)40(52)55-27-50-31(23-43-46-50)26-54-33-14-16-34(17-15-33)56-35-18-20-42-39-37(35)38(45-49(39)24-28-8-12-32(53-5)13-9-28)44-29-19-22-48(25-29)36(51)7-6-21-47(4)30-10-11-30;1-35(20-4-5-20)13-2-3-24(37)36-14-11-18(16-36)30-27-25-23(10-12-28-26(25)32-33-27)39-22-8-6-21(7-9-22)38-17-19-15-29-34-31-19;3-2(4,5)1-6;;;/h6-9,12-18,20,23,29-30H,10-11,19,21-22,24-27H2,1-5H3,(H,44,45);2-3,6-10,12,15,18,20H,4-5,11,13-14,16-17H2,1H3,(H,29,31,34)(H2,28,30,32,33);1H;1H4;;1H2/q;;;;+1;/p-1/b7-6+;3-2+;;;;/t29-;18-;;;;/m11..../s1. The Morgan fingerprint density at radius 2 is 1.20 bits per heavy atom. The summed E-state index contributed by atoms with van der Waals surface area (Å²) < 4.78 is 69.8. The van der Waals surface area contributed by atoms with Crippen molar-refractivity contribution in [1.29, 1.82) is 0 Å². The van der Waals surface area contributed by atoms with Crippen LogP contribution in [0.5, 0.6) is 40.2 Å². The number of benzene rings is 3. The molecule has 29 nitrogen and oxygen atoms in total. The number of fused-ring (bicyclic) bond motifs is 2. The molecule has 8 heterocycles. The summed E-state index contributed by atoms with van der Waals surface area (Å²) >= 11 is 0. The van der Waals surface area contributed by atoms with Gasteiger partial charge in [0.2, 0.25) is 18.1 Å². The third kappa shape index (κ3) is 22.5. The minimum atomic E-state index is -4.64. The van der Waals surface area contributed by atoms with Gasteiger partial charge in [0.25, 0.3) is 0 Å². The normalized spacial score (nSPS) is 15.7. The number of nitrogens with zero attached hydrogens (tertiary/aromatic N) is 14. The summed E-state index contributed by atoms with van der Waals surface area (Å²) in [6.07, 6.45) is 14.8. The van der Waals surface area contributed by atoms with Crippen molar-refractivity contribution in [3.05, 3.63) is 151 Å². The summed E-state index contributed by atoms with van der Waals surface area (Å²) in [5, 5.41) is 39.3. The predicted octanol–water partition coefficient (Wildman–Crippen LogP) is 6.98. The number of methoxy groups -OCH3 is 1. The Hall–Kier alpha value is -9.99. The Kier molecular flexibility index (Phi) is 28.3. The van der Waals surface area contributed by atoms with E-state index < -0.39 is 17.9 Å². The van der Waals surface area contributed by atoms with Crippen LogP contribution in [0, 0.1) is 5.41 Å². The van der Waals surface area contributed by atoms with Crippen LogP contribution in [0.25, 0.3) is 22.1 Å². The maximum Gasteiger partial charge on any atom is 1.00 e. The Morgan fingerprint density at radius 3 is 1.73 bits per heavy atom. The zero-order valence-electron chi connectivity index (χ0n) is 58.3. The first kappa shape index (κ1) is 79.7. The van der Waals surface area contributed by atoms with Crippen LogP contribution in [0.2, 0.25) is 0 Å². The summed E-state index contributed by atoms with van der Waals surface area (Å²) in [6.45, 7) is 10.4. The Morgan fingerprint density at radius 1 is 0.673 bits per heavy atom. The third-order valence-corrected chi connectivity index (χ3v) is 16.9. The van der Waals surface area contributed by atoms with Crippen LogP contribution in [0.4, 0.5) is 24.8 Å². The quantitative estimate of drug-likeness (QED) is 0.0174. The van der Waals surface area contributed by atoms with Gasteiger partial charge in [0, 0.05) is 100 Å². The molecule has 3 aromatic carbocycles. The number of carbonyl (C=O) groups excluding carboxylic acids is 4. The summed E-state index contributed by atoms with van der Waals surface area (Å²) in [6, 6.07) is 27.6. The molecule has 5 N–H and O–H groups in total. The molecule has 0 bridgehead atoms. The van der Waals surface area contributed by atoms with E-state index in [2.05, 4.69) is 75.4 Å². The van der Waals surface area contributed by atoms with E-state index >= 15 is 0 Å². The number of hydrogen-bond donors (Lipinski definition) is 4. The molecule has 6 aromatic heterocycles. The van der Waals surface area contributed by atoms with Crippen molar-refractivity contribution >= 4 is 57.8 Å². The third-order valence-electron chi connectivity index (χ3n) is 16.9. The number of ether oxygens (including phenoxy) is 6. The molecular formula is C71H86F3N18NaO11. The van der Waals surface area contributed by atoms with Gasteiger partial charge in [0.15, 0.2) is 29.7 Å². The fourth-order valence-corrected chi connectivity index (χ4v) is 11.0. The van der Waals surface area contributed by atoms with E-state index in [4.69, 9.17) is 43.3 Å². The number of pyridine rings is 2. The molecule has 33 heteroatoms. The number of rotatable bonds is 27. The average molecular weight is 1450 g/mol. The zero-order chi connectivity index (χ0) is 71.0. The van der Waals surface area contributed by atoms with E-state index in [1.54, 1.807) is 64.8 Å². The number of carbonyl (C=O) groups is 4. The van der Waals surface area contributed by atoms with Crippen molar-refractivity contribution in [3.63, 3.8) is 0 Å². The molecule has 2 saturated carbocycles. The fraction of sp³-hybridized carbons (Fsp3) is 0.408. The first-order chi connectivity index (χ1) is 48.7. The van der Waals surface area contributed by atoms with Crippen LogP contribution in [0.1, 0.15) is 83.7 Å². The summed E-state index contributed by atoms with van der Waals surface area (Å²) in [4.78, 5) is 64.1. The molecule has 2 amide bonds. The van der Waals surface area contributed by atoms with Gasteiger partial charge in [0.05, 0.1) is 37.2 Å². The van der Waals surface area contributed by atoms with Crippen molar-refractivity contribution in [2.24, 2.45) is 5.41 Å². The number of aromatic amines is 2. The zero-order valence-corrected chi connectivity index (χ0v) is 60.3. The molecular weight excluding hydrogens is 1360 g/mol. The molecule has 2 aliphatic carbocycles. The molecule has 13 rings (SSSR count). The number of esters is 1. The SMILES string of the molecule is C.CN(C/C=C/C(=O)N1CC[C@@H](Nc2n[nH]c3nccc(Oc4ccc(OCc5cn[nH]n5)cc4)c23)C1)C1CC1.COc1ccc(Cn2nc(N[C@@H]3CCN(C(=O)/C=C/CN(C)C4CC4)C3)c3c(Oc4ccc(OCc5cnnn5COC(=O)C(C)(C)C)cc4)ccnc32)cc1.O=CC(F)(F)F.[Na+].[OH-]. The van der Waals surface area contributed by atoms with Gasteiger partial charge in [-0.2, -0.15) is 38.8 Å². The molecule has 0 unspecified atom stereocenters. The van der Waals surface area contributed by atoms with Crippen LogP contribution in [0.15, 0.2) is 134 Å². The largest absolute Gasteiger partial charge is 1.00 e. The first-order valence-corrected chi connectivity index (χ1v) is 33.1. The molecule has 104 heavy (non-hydrogen) atoms. The molecule has 0 spiro atoms. The smallest absolute Gasteiger partial charge is 0.870 e. The van der Waals surface area contributed by atoms with Crippen LogP contribution < -0.4 is 63.9 Å². The monoisotopic (exact) mass is 1450 g/mol. The molecule has 2 aliphatic heterocycles. The van der Waals surface area contributed by atoms with Gasteiger partial charge in [0.1, 0.15) is 69.9 Å². The van der Waals surface area contributed by atoms with Gasteiger partial charge in [-0.05, 0) is 140 Å². The van der Waals surface area contributed by atoms with Gasteiger partial charge >= 0.3 is 41.7 Å². The number of likely N-dealkylation sites (tertiary alicyclic amines) is 2. The number of halogens is 3. The maximum atomic E-state index is 13.1. The van der Waals surface area contributed by atoms with Gasteiger partial charge in [-0.3, -0.25) is 34.1 Å². The number of H-pyrrole nitrogens is 2. The molecule has 0 radical (unpaired) electrons. The topological polar surface area (TPSA) is 335 Å². The van der Waals surface area contributed by atoms with Crippen LogP contribution in [-0.2, 0) is 50.4 Å². The molecule has 548 valence electrons. The van der Waals surface area contributed by atoms with Crippen LogP contribution in [-0.4, -0.2) is 200 Å². The van der Waals surface area contributed by atoms with E-state index in [-0.39, 0.29) is 85.7 Å². The Bertz CT molecular complexity index is 4300. The molecule has 9 aromatic rings. The molecule has 4 aliphatic rings. The molecule has 4 fully saturated rings. The number of alkyl halides is 3. The summed E-state index contributed by atoms with van der Waals surface area (Å²) in [7, 11) is 5.86. The second kappa shape index (κ2) is 36.9. The number of anilines is 2. The number of aromatic nitrogens is 12. The van der Waals surface area contributed by atoms with Crippen molar-refractivity contribution in [2.75, 3.05) is 71.1 Å². The van der Waals surface area contributed by atoms with Crippen LogP contribution >= 0.6 is 0 Å². The second-order valence-electron chi connectivity index (χ2n) is 25.8. The van der Waals surface area contributed by atoms with Crippen LogP contribution in [0.3, 0.4) is 0 Å². The predicted molar refractivity (Wildman–Crippen MR) is 375 cm³/mol. The minimum absolute atomic E-state index is 0. The number of nitrogens with one attached hydrogen (secondary N) is 4. The van der Waals surface area contributed by atoms with E-state index in [1.807, 2.05) is 112 Å². The van der Waals surface area contributed by atoms with Crippen molar-refractivity contribution < 1.29 is 95.8 Å². The summed E-state index contributed by atoms with van der Waals surface area (Å²) in [5.41, 5.74) is 3.07. The first-order valence-electron chi connectivity index (χ1n) is 33.1. The second-order valence-corrected chi connectivity index (χ2v) is 25.8. The van der Waals surface area contributed by atoms with E-state index in [9.17, 15) is 27.6 Å². The fourth-order valence-electron chi connectivity index (χ4n) is 11.0. The maximum absolute atomic E-state index is 13.1. The van der Waals surface area contributed by atoms with Gasteiger partial charge < -0.3 is 54.3 Å². The van der Waals surface area contributed by atoms with E-state index in [0.29, 0.717) is 115 Å². The Balaban J connectivity index is 0.000000249. The molecule has 2 saturated heterocycles. The van der Waals surface area contributed by atoms with E-state index in [1.165, 1.54) is 30.4 Å². The number of likely N-dealkylation sites (N-methyl/N-ethyl adjacent to an activating group) is 2. The Labute approximate surface area is 621 Å².